The Hall–Kier alpha value is -3.94. The van der Waals surface area contributed by atoms with Gasteiger partial charge >= 0.3 is 0 Å². The van der Waals surface area contributed by atoms with Crippen molar-refractivity contribution < 1.29 is 14.8 Å². The molecule has 0 radical (unpaired) electrons. The van der Waals surface area contributed by atoms with Crippen molar-refractivity contribution >= 4 is 5.84 Å². The predicted octanol–water partition coefficient (Wildman–Crippen LogP) is 3.77. The lowest BCUT2D eigenvalue weighted by Crippen LogP contribution is -2.18. The van der Waals surface area contributed by atoms with Crippen LogP contribution in [0.2, 0.25) is 0 Å². The summed E-state index contributed by atoms with van der Waals surface area (Å²) in [7, 11) is 3.84. The van der Waals surface area contributed by atoms with Gasteiger partial charge in [-0.2, -0.15) is 0 Å². The van der Waals surface area contributed by atoms with Crippen LogP contribution in [-0.4, -0.2) is 30.4 Å². The van der Waals surface area contributed by atoms with E-state index in [4.69, 9.17) is 10.3 Å². The fourth-order valence-corrected chi connectivity index (χ4v) is 4.03. The maximum absolute atomic E-state index is 9.82. The van der Waals surface area contributed by atoms with E-state index in [1.54, 1.807) is 12.1 Å². The largest absolute Gasteiger partial charge is 0.508 e. The van der Waals surface area contributed by atoms with Gasteiger partial charge in [0.1, 0.15) is 11.5 Å². The summed E-state index contributed by atoms with van der Waals surface area (Å²) < 4.78 is 9.36. The highest BCUT2D eigenvalue weighted by Gasteiger charge is 2.30. The average molecular weight is 405 g/mol. The summed E-state index contributed by atoms with van der Waals surface area (Å²) in [4.78, 5) is 0. The zero-order valence-electron chi connectivity index (χ0n) is 17.2. The molecule has 1 aromatic carbocycles. The Morgan fingerprint density at radius 1 is 1.07 bits per heavy atom. The van der Waals surface area contributed by atoms with Gasteiger partial charge in [0.25, 0.3) is 0 Å². The molecule has 0 spiro atoms. The minimum atomic E-state index is -0.0204. The fraction of sp³-hybridized carbons (Fsp3) is 0.182. The molecule has 0 fully saturated rings. The van der Waals surface area contributed by atoms with Crippen LogP contribution in [0.5, 0.6) is 5.75 Å². The molecule has 3 heterocycles. The third-order valence-electron chi connectivity index (χ3n) is 5.37. The van der Waals surface area contributed by atoms with E-state index < -0.39 is 0 Å². The van der Waals surface area contributed by atoms with Crippen molar-refractivity contribution in [3.63, 3.8) is 0 Å². The normalized spacial score (nSPS) is 11.9. The summed E-state index contributed by atoms with van der Waals surface area (Å²) in [6.07, 6.45) is 1.96. The van der Waals surface area contributed by atoms with Crippen LogP contribution in [0, 0.1) is 13.8 Å². The monoisotopic (exact) mass is 405 g/mol. The first-order valence-electron chi connectivity index (χ1n) is 9.40. The van der Waals surface area contributed by atoms with Gasteiger partial charge in [0.2, 0.25) is 0 Å². The summed E-state index contributed by atoms with van der Waals surface area (Å²) in [5.74, 6) is 0.780. The van der Waals surface area contributed by atoms with Gasteiger partial charge < -0.3 is 29.7 Å². The molecule has 4 rings (SSSR count). The van der Waals surface area contributed by atoms with Crippen LogP contribution in [0.4, 0.5) is 0 Å². The molecule has 0 atom stereocenters. The van der Waals surface area contributed by atoms with Crippen LogP contribution in [0.3, 0.4) is 0 Å². The van der Waals surface area contributed by atoms with Gasteiger partial charge in [-0.25, -0.2) is 0 Å². The molecule has 0 unspecified atom stereocenters. The van der Waals surface area contributed by atoms with Gasteiger partial charge in [0, 0.05) is 31.4 Å². The number of nitrogens with zero attached hydrogens (tertiary/aromatic N) is 4. The standard InChI is InChI=1S/C22H23N5O3/c1-12-17(13(2)30-25-12)19-18(14-7-9-15(28)10-8-14)20(16-6-5-11-26(16)3)27(4)21(19)22(23)24-29/h5-11,28-29H,1-4H3,(H2,23,24). The average Bonchev–Trinajstić information content (AvgIpc) is 3.37. The lowest BCUT2D eigenvalue weighted by Gasteiger charge is -2.11. The highest BCUT2D eigenvalue weighted by molar-refractivity contribution is 6.09. The second kappa shape index (κ2) is 7.14. The number of aryl methyl sites for hydroxylation is 3. The van der Waals surface area contributed by atoms with Gasteiger partial charge in [-0.1, -0.05) is 22.4 Å². The van der Waals surface area contributed by atoms with Crippen molar-refractivity contribution in [3.05, 3.63) is 59.7 Å². The van der Waals surface area contributed by atoms with E-state index in [9.17, 15) is 10.3 Å². The molecular weight excluding hydrogens is 382 g/mol. The Morgan fingerprint density at radius 3 is 2.30 bits per heavy atom. The molecule has 154 valence electrons. The summed E-state index contributed by atoms with van der Waals surface area (Å²) in [5, 5.41) is 26.8. The second-order valence-corrected chi connectivity index (χ2v) is 7.24. The van der Waals surface area contributed by atoms with Crippen molar-refractivity contribution in [1.82, 2.24) is 14.3 Å². The molecule has 4 N–H and O–H groups in total. The number of rotatable bonds is 4. The van der Waals surface area contributed by atoms with Crippen molar-refractivity contribution in [2.75, 3.05) is 0 Å². The van der Waals surface area contributed by atoms with Crippen LogP contribution in [0.25, 0.3) is 33.6 Å². The van der Waals surface area contributed by atoms with Gasteiger partial charge in [0.05, 0.1) is 28.3 Å². The lowest BCUT2D eigenvalue weighted by atomic mass is 9.92. The molecular formula is C22H23N5O3. The number of amidine groups is 1. The van der Waals surface area contributed by atoms with Crippen LogP contribution in [0.1, 0.15) is 17.1 Å². The molecule has 0 amide bonds. The Bertz CT molecular complexity index is 1240. The summed E-state index contributed by atoms with van der Waals surface area (Å²) in [6, 6.07) is 10.9. The quantitative estimate of drug-likeness (QED) is 0.207. The zero-order valence-corrected chi connectivity index (χ0v) is 17.2. The van der Waals surface area contributed by atoms with Crippen LogP contribution in [0.15, 0.2) is 52.3 Å². The van der Waals surface area contributed by atoms with Gasteiger partial charge in [0.15, 0.2) is 5.84 Å². The van der Waals surface area contributed by atoms with Crippen molar-refractivity contribution in [2.24, 2.45) is 25.0 Å². The number of phenolic OH excluding ortho intramolecular Hbond substituents is 1. The first-order chi connectivity index (χ1) is 14.3. The lowest BCUT2D eigenvalue weighted by molar-refractivity contribution is 0.318. The van der Waals surface area contributed by atoms with Gasteiger partial charge in [-0.05, 0) is 43.7 Å². The minimum Gasteiger partial charge on any atom is -0.508 e. The zero-order chi connectivity index (χ0) is 21.6. The van der Waals surface area contributed by atoms with E-state index in [-0.39, 0.29) is 11.6 Å². The van der Waals surface area contributed by atoms with E-state index in [1.165, 1.54) is 0 Å². The number of phenols is 1. The summed E-state index contributed by atoms with van der Waals surface area (Å²) in [6.45, 7) is 3.69. The SMILES string of the molecule is Cc1noc(C)c1-c1c(-c2ccc(O)cc2)c(-c2cccn2C)n(C)c1C(N)=NO. The van der Waals surface area contributed by atoms with E-state index >= 15 is 0 Å². The fourth-order valence-electron chi connectivity index (χ4n) is 4.03. The maximum Gasteiger partial charge on any atom is 0.187 e. The molecule has 8 heteroatoms. The molecule has 3 aromatic heterocycles. The first kappa shape index (κ1) is 19.4. The van der Waals surface area contributed by atoms with Crippen molar-refractivity contribution in [1.29, 1.82) is 0 Å². The van der Waals surface area contributed by atoms with E-state index in [0.717, 1.165) is 33.6 Å². The highest BCUT2D eigenvalue weighted by atomic mass is 16.5. The number of benzene rings is 1. The van der Waals surface area contributed by atoms with Crippen molar-refractivity contribution in [3.8, 4) is 39.4 Å². The van der Waals surface area contributed by atoms with E-state index in [1.807, 2.05) is 67.5 Å². The Kier molecular flexibility index (Phi) is 4.62. The number of oxime groups is 1. The number of aromatic hydroxyl groups is 1. The predicted molar refractivity (Wildman–Crippen MR) is 114 cm³/mol. The molecule has 0 aliphatic heterocycles. The van der Waals surface area contributed by atoms with E-state index in [0.29, 0.717) is 17.1 Å². The second-order valence-electron chi connectivity index (χ2n) is 7.24. The molecule has 8 nitrogen and oxygen atoms in total. The molecule has 0 saturated carbocycles. The third kappa shape index (κ3) is 2.85. The van der Waals surface area contributed by atoms with E-state index in [2.05, 4.69) is 10.3 Å². The van der Waals surface area contributed by atoms with Crippen LogP contribution in [-0.2, 0) is 14.1 Å². The number of nitrogens with two attached hydrogens (primary N) is 1. The molecule has 0 aliphatic carbocycles. The molecule has 30 heavy (non-hydrogen) atoms. The maximum atomic E-state index is 9.82. The topological polar surface area (TPSA) is 115 Å². The van der Waals surface area contributed by atoms with Gasteiger partial charge in [-0.3, -0.25) is 0 Å². The number of hydrogen-bond donors (Lipinski definition) is 3. The summed E-state index contributed by atoms with van der Waals surface area (Å²) in [5.41, 5.74) is 12.5. The number of hydrogen-bond acceptors (Lipinski definition) is 5. The smallest absolute Gasteiger partial charge is 0.187 e. The molecule has 0 bridgehead atoms. The van der Waals surface area contributed by atoms with Gasteiger partial charge in [-0.15, -0.1) is 0 Å². The Balaban J connectivity index is 2.23. The first-order valence-corrected chi connectivity index (χ1v) is 9.40. The minimum absolute atomic E-state index is 0.0204. The molecule has 0 aliphatic rings. The Morgan fingerprint density at radius 2 is 1.77 bits per heavy atom. The highest BCUT2D eigenvalue weighted by Crippen LogP contribution is 2.46. The number of aromatic nitrogens is 3. The van der Waals surface area contributed by atoms with Crippen LogP contribution >= 0.6 is 0 Å². The van der Waals surface area contributed by atoms with Crippen LogP contribution < -0.4 is 5.73 Å². The molecule has 0 saturated heterocycles. The third-order valence-corrected chi connectivity index (χ3v) is 5.37. The van der Waals surface area contributed by atoms with Crippen molar-refractivity contribution in [2.45, 2.75) is 13.8 Å². The molecule has 4 aromatic rings. The summed E-state index contributed by atoms with van der Waals surface area (Å²) >= 11 is 0. The Labute approximate surface area is 173 Å².